The number of halogens is 3. The van der Waals surface area contributed by atoms with Gasteiger partial charge in [0, 0.05) is 24.7 Å². The Morgan fingerprint density at radius 3 is 2.33 bits per heavy atom. The molecule has 10 heteroatoms. The summed E-state index contributed by atoms with van der Waals surface area (Å²) >= 11 is 0. The number of sulfone groups is 1. The molecule has 1 aliphatic carbocycles. The number of carbonyl (C=O) groups is 1. The summed E-state index contributed by atoms with van der Waals surface area (Å²) in [4.78, 5) is 15.7. The van der Waals surface area contributed by atoms with E-state index >= 15 is 0 Å². The molecule has 2 atom stereocenters. The second-order valence-electron chi connectivity index (χ2n) is 11.0. The number of benzene rings is 2. The third kappa shape index (κ3) is 6.89. The SMILES string of the molecule is CCC1c2ccc(C(=O)N[C@@H](CO)c3ccc(S(=O)(=O)CC)cc3)cc2CCN1CC1CCC(C(F)(F)F)CC1. The van der Waals surface area contributed by atoms with E-state index in [9.17, 15) is 31.5 Å². The quantitative estimate of drug-likeness (QED) is 0.402. The number of nitrogens with one attached hydrogen (secondary N) is 1. The fourth-order valence-corrected chi connectivity index (χ4v) is 7.04. The van der Waals surface area contributed by atoms with Crippen LogP contribution in [0.3, 0.4) is 0 Å². The molecule has 2 aromatic rings. The van der Waals surface area contributed by atoms with Crippen LogP contribution >= 0.6 is 0 Å². The van der Waals surface area contributed by atoms with Crippen LogP contribution in [0.5, 0.6) is 0 Å². The van der Waals surface area contributed by atoms with Crippen LogP contribution in [0.25, 0.3) is 0 Å². The summed E-state index contributed by atoms with van der Waals surface area (Å²) < 4.78 is 63.4. The van der Waals surface area contributed by atoms with Gasteiger partial charge in [-0.3, -0.25) is 9.69 Å². The smallest absolute Gasteiger partial charge is 0.391 e. The van der Waals surface area contributed by atoms with Crippen LogP contribution in [0.4, 0.5) is 13.2 Å². The molecule has 220 valence electrons. The van der Waals surface area contributed by atoms with Crippen molar-refractivity contribution in [3.05, 3.63) is 64.7 Å². The van der Waals surface area contributed by atoms with Gasteiger partial charge in [0.1, 0.15) is 0 Å². The van der Waals surface area contributed by atoms with Crippen molar-refractivity contribution in [3.63, 3.8) is 0 Å². The number of hydrogen-bond donors (Lipinski definition) is 2. The van der Waals surface area contributed by atoms with Gasteiger partial charge in [-0.15, -0.1) is 0 Å². The zero-order valence-corrected chi connectivity index (χ0v) is 23.9. The summed E-state index contributed by atoms with van der Waals surface area (Å²) in [6.45, 7) is 4.93. The molecule has 1 amide bonds. The lowest BCUT2D eigenvalue weighted by molar-refractivity contribution is -0.184. The first-order valence-electron chi connectivity index (χ1n) is 14.1. The molecule has 0 aromatic heterocycles. The van der Waals surface area contributed by atoms with Crippen molar-refractivity contribution >= 4 is 15.7 Å². The Bertz CT molecular complexity index is 1270. The van der Waals surface area contributed by atoms with Gasteiger partial charge in [0.25, 0.3) is 5.91 Å². The number of aliphatic hydroxyl groups is 1. The zero-order valence-electron chi connectivity index (χ0n) is 23.1. The molecule has 2 aliphatic rings. The molecule has 0 spiro atoms. The predicted octanol–water partition coefficient (Wildman–Crippen LogP) is 5.62. The first-order chi connectivity index (χ1) is 19.0. The van der Waals surface area contributed by atoms with E-state index in [1.54, 1.807) is 25.1 Å². The molecule has 1 unspecified atom stereocenters. The van der Waals surface area contributed by atoms with Gasteiger partial charge in [-0.25, -0.2) is 8.42 Å². The highest BCUT2D eigenvalue weighted by Gasteiger charge is 2.42. The van der Waals surface area contributed by atoms with Gasteiger partial charge in [-0.2, -0.15) is 13.2 Å². The van der Waals surface area contributed by atoms with Crippen molar-refractivity contribution in [1.29, 1.82) is 0 Å². The third-order valence-electron chi connectivity index (χ3n) is 8.57. The van der Waals surface area contributed by atoms with Crippen LogP contribution in [0.15, 0.2) is 47.4 Å². The second-order valence-corrected chi connectivity index (χ2v) is 13.3. The molecule has 6 nitrogen and oxygen atoms in total. The first kappa shape index (κ1) is 30.5. The van der Waals surface area contributed by atoms with Gasteiger partial charge < -0.3 is 10.4 Å². The Kier molecular flexibility index (Phi) is 9.62. The maximum atomic E-state index is 13.1. The lowest BCUT2D eigenvalue weighted by atomic mass is 9.80. The molecular weight excluding hydrogens is 541 g/mol. The number of carbonyl (C=O) groups excluding carboxylic acids is 1. The van der Waals surface area contributed by atoms with Crippen LogP contribution in [-0.4, -0.2) is 56.0 Å². The molecule has 2 aromatic carbocycles. The highest BCUT2D eigenvalue weighted by atomic mass is 32.2. The summed E-state index contributed by atoms with van der Waals surface area (Å²) in [7, 11) is -3.34. The lowest BCUT2D eigenvalue weighted by Gasteiger charge is -2.40. The minimum atomic E-state index is -4.09. The molecule has 4 rings (SSSR count). The van der Waals surface area contributed by atoms with Crippen molar-refractivity contribution in [2.75, 3.05) is 25.4 Å². The number of hydrogen-bond acceptors (Lipinski definition) is 5. The summed E-state index contributed by atoms with van der Waals surface area (Å²) in [6.07, 6.45) is -0.840. The maximum Gasteiger partial charge on any atom is 0.391 e. The van der Waals surface area contributed by atoms with Crippen molar-refractivity contribution in [3.8, 4) is 0 Å². The van der Waals surface area contributed by atoms with Gasteiger partial charge in [0.15, 0.2) is 9.84 Å². The average molecular weight is 581 g/mol. The molecule has 1 saturated carbocycles. The van der Waals surface area contributed by atoms with Gasteiger partial charge in [0.05, 0.1) is 29.2 Å². The summed E-state index contributed by atoms with van der Waals surface area (Å²) in [5, 5.41) is 12.8. The van der Waals surface area contributed by atoms with Crippen LogP contribution in [0.2, 0.25) is 0 Å². The average Bonchev–Trinajstić information content (AvgIpc) is 2.95. The third-order valence-corrected chi connectivity index (χ3v) is 10.3. The number of aliphatic hydroxyl groups excluding tert-OH is 1. The largest absolute Gasteiger partial charge is 0.394 e. The van der Waals surface area contributed by atoms with Crippen LogP contribution in [-0.2, 0) is 16.3 Å². The van der Waals surface area contributed by atoms with E-state index < -0.39 is 28.0 Å². The fraction of sp³-hybridized carbons (Fsp3) is 0.567. The lowest BCUT2D eigenvalue weighted by Crippen LogP contribution is -2.40. The van der Waals surface area contributed by atoms with Gasteiger partial charge >= 0.3 is 6.18 Å². The Hall–Kier alpha value is -2.43. The molecule has 1 aliphatic heterocycles. The Labute approximate surface area is 234 Å². The minimum absolute atomic E-state index is 0.00947. The standard InChI is InChI=1S/C30H39F3N2O4S/c1-3-28-26-14-9-23(29(37)34-27(19-36)21-7-12-25(13-8-21)40(38,39)4-2)17-22(26)15-16-35(28)18-20-5-10-24(11-6-20)30(31,32)33/h7-9,12-14,17,20,24,27-28,36H,3-6,10-11,15-16,18-19H2,1-2H3,(H,34,37)/t20?,24?,27-,28?/m0/s1. The molecule has 40 heavy (non-hydrogen) atoms. The number of fused-ring (bicyclic) bond motifs is 1. The van der Waals surface area contributed by atoms with Crippen LogP contribution < -0.4 is 5.32 Å². The number of rotatable bonds is 9. The number of alkyl halides is 3. The molecule has 0 bridgehead atoms. The van der Waals surface area contributed by atoms with E-state index in [1.807, 2.05) is 12.1 Å². The first-order valence-corrected chi connectivity index (χ1v) is 15.8. The molecule has 1 fully saturated rings. The minimum Gasteiger partial charge on any atom is -0.394 e. The van der Waals surface area contributed by atoms with E-state index in [-0.39, 0.29) is 48.0 Å². The summed E-state index contributed by atoms with van der Waals surface area (Å²) in [5.74, 6) is -1.24. The van der Waals surface area contributed by atoms with E-state index in [2.05, 4.69) is 17.1 Å². The maximum absolute atomic E-state index is 13.1. The van der Waals surface area contributed by atoms with E-state index in [1.165, 1.54) is 12.1 Å². The van der Waals surface area contributed by atoms with Crippen molar-refractivity contribution in [2.24, 2.45) is 11.8 Å². The topological polar surface area (TPSA) is 86.7 Å². The van der Waals surface area contributed by atoms with Gasteiger partial charge in [-0.05, 0) is 85.4 Å². The van der Waals surface area contributed by atoms with E-state index in [0.717, 1.165) is 37.1 Å². The molecule has 0 radical (unpaired) electrons. The highest BCUT2D eigenvalue weighted by molar-refractivity contribution is 7.91. The van der Waals surface area contributed by atoms with Crippen molar-refractivity contribution in [1.82, 2.24) is 10.2 Å². The Morgan fingerprint density at radius 1 is 1.07 bits per heavy atom. The van der Waals surface area contributed by atoms with Crippen molar-refractivity contribution in [2.45, 2.75) is 75.5 Å². The molecule has 2 N–H and O–H groups in total. The normalized spacial score (nSPS) is 22.9. The van der Waals surface area contributed by atoms with E-state index in [0.29, 0.717) is 24.0 Å². The second kappa shape index (κ2) is 12.6. The Morgan fingerprint density at radius 2 is 1.75 bits per heavy atom. The van der Waals surface area contributed by atoms with E-state index in [4.69, 9.17) is 0 Å². The van der Waals surface area contributed by atoms with Crippen LogP contribution in [0.1, 0.15) is 85.1 Å². The number of amides is 1. The fourth-order valence-electron chi connectivity index (χ4n) is 6.16. The summed E-state index contributed by atoms with van der Waals surface area (Å²) in [5.41, 5.74) is 3.33. The molecule has 1 heterocycles. The van der Waals surface area contributed by atoms with Crippen molar-refractivity contribution < 1.29 is 31.5 Å². The van der Waals surface area contributed by atoms with Crippen LogP contribution in [0, 0.1) is 11.8 Å². The number of nitrogens with zero attached hydrogens (tertiary/aromatic N) is 1. The monoisotopic (exact) mass is 580 g/mol. The molecule has 0 saturated heterocycles. The highest BCUT2D eigenvalue weighted by Crippen LogP contribution is 2.41. The predicted molar refractivity (Wildman–Crippen MR) is 148 cm³/mol. The Balaban J connectivity index is 1.41. The molecular formula is C30H39F3N2O4S. The zero-order chi connectivity index (χ0) is 29.1. The summed E-state index contributed by atoms with van der Waals surface area (Å²) in [6, 6.07) is 11.3. The van der Waals surface area contributed by atoms with Gasteiger partial charge in [0.2, 0.25) is 0 Å². The van der Waals surface area contributed by atoms with Gasteiger partial charge in [-0.1, -0.05) is 32.0 Å².